The summed E-state index contributed by atoms with van der Waals surface area (Å²) in [5, 5.41) is 0. The summed E-state index contributed by atoms with van der Waals surface area (Å²) in [6.07, 6.45) is 3.08. The van der Waals surface area contributed by atoms with Crippen LogP contribution in [0.5, 0.6) is 0 Å². The molecule has 0 bridgehead atoms. The average molecular weight is 248 g/mol. The normalized spacial score (nSPS) is 53.5. The molecule has 4 rings (SSSR count). The van der Waals surface area contributed by atoms with Crippen LogP contribution in [0.15, 0.2) is 0 Å². The smallest absolute Gasteiger partial charge is 0.0501 e. The van der Waals surface area contributed by atoms with Crippen LogP contribution in [0.3, 0.4) is 0 Å². The molecule has 1 heterocycles. The summed E-state index contributed by atoms with van der Waals surface area (Å²) in [5.74, 6) is 8.07. The van der Waals surface area contributed by atoms with Crippen molar-refractivity contribution in [3.05, 3.63) is 0 Å². The standard InChI is InChI=1S/C17H28O/c1-9(2)15-11-5-10(6-12(11)15)17(3,4)16-13-7-18-8-14(13)16/h9-16H,5-8H2,1-4H3. The van der Waals surface area contributed by atoms with Crippen molar-refractivity contribution in [3.63, 3.8) is 0 Å². The van der Waals surface area contributed by atoms with Crippen molar-refractivity contribution in [3.8, 4) is 0 Å². The van der Waals surface area contributed by atoms with Crippen LogP contribution in [-0.4, -0.2) is 13.2 Å². The molecule has 4 aliphatic rings. The third-order valence-electron chi connectivity index (χ3n) is 7.14. The molecule has 4 atom stereocenters. The maximum atomic E-state index is 5.57. The molecule has 3 aliphatic carbocycles. The molecular formula is C17H28O. The maximum Gasteiger partial charge on any atom is 0.0501 e. The van der Waals surface area contributed by atoms with Crippen LogP contribution in [0.1, 0.15) is 40.5 Å². The quantitative estimate of drug-likeness (QED) is 0.737. The minimum atomic E-state index is 0.591. The fraction of sp³-hybridized carbons (Fsp3) is 1.00. The highest BCUT2D eigenvalue weighted by molar-refractivity contribution is 5.13. The van der Waals surface area contributed by atoms with Gasteiger partial charge in [0.05, 0.1) is 13.2 Å². The fourth-order valence-corrected chi connectivity index (χ4v) is 6.10. The molecule has 0 aromatic heterocycles. The van der Waals surface area contributed by atoms with E-state index in [1.165, 1.54) is 12.8 Å². The highest BCUT2D eigenvalue weighted by Gasteiger charge is 2.65. The van der Waals surface area contributed by atoms with E-state index in [-0.39, 0.29) is 0 Å². The van der Waals surface area contributed by atoms with E-state index in [0.29, 0.717) is 5.41 Å². The summed E-state index contributed by atoms with van der Waals surface area (Å²) in [4.78, 5) is 0. The molecule has 0 N–H and O–H groups in total. The summed E-state index contributed by atoms with van der Waals surface area (Å²) in [5.41, 5.74) is 0.591. The molecule has 4 fully saturated rings. The van der Waals surface area contributed by atoms with E-state index in [9.17, 15) is 0 Å². The molecular weight excluding hydrogens is 220 g/mol. The number of hydrogen-bond donors (Lipinski definition) is 0. The number of hydrogen-bond acceptors (Lipinski definition) is 1. The van der Waals surface area contributed by atoms with Gasteiger partial charge in [0.25, 0.3) is 0 Å². The molecule has 1 aliphatic heterocycles. The molecule has 0 spiro atoms. The molecule has 0 aromatic carbocycles. The minimum Gasteiger partial charge on any atom is -0.381 e. The van der Waals surface area contributed by atoms with Crippen molar-refractivity contribution in [1.82, 2.24) is 0 Å². The van der Waals surface area contributed by atoms with Crippen LogP contribution in [0.4, 0.5) is 0 Å². The first kappa shape index (κ1) is 11.8. The van der Waals surface area contributed by atoms with E-state index in [1.807, 2.05) is 0 Å². The lowest BCUT2D eigenvalue weighted by molar-refractivity contribution is 0.0820. The first-order valence-electron chi connectivity index (χ1n) is 8.09. The Balaban J connectivity index is 1.41. The zero-order valence-corrected chi connectivity index (χ0v) is 12.4. The lowest BCUT2D eigenvalue weighted by Gasteiger charge is -2.35. The third kappa shape index (κ3) is 1.43. The minimum absolute atomic E-state index is 0.591. The molecule has 1 heteroatoms. The Morgan fingerprint density at radius 3 is 2.00 bits per heavy atom. The third-order valence-corrected chi connectivity index (χ3v) is 7.14. The summed E-state index contributed by atoms with van der Waals surface area (Å²) in [6, 6.07) is 0. The topological polar surface area (TPSA) is 9.23 Å². The fourth-order valence-electron chi connectivity index (χ4n) is 6.10. The summed E-state index contributed by atoms with van der Waals surface area (Å²) in [7, 11) is 0. The summed E-state index contributed by atoms with van der Waals surface area (Å²) in [6.45, 7) is 12.1. The zero-order chi connectivity index (χ0) is 12.7. The Bertz CT molecular complexity index is 337. The van der Waals surface area contributed by atoms with E-state index in [2.05, 4.69) is 27.7 Å². The second-order valence-corrected chi connectivity index (χ2v) is 8.53. The van der Waals surface area contributed by atoms with Crippen LogP contribution >= 0.6 is 0 Å². The molecule has 1 nitrogen and oxygen atoms in total. The zero-order valence-electron chi connectivity index (χ0n) is 12.4. The Morgan fingerprint density at radius 2 is 1.50 bits per heavy atom. The molecule has 18 heavy (non-hydrogen) atoms. The maximum absolute atomic E-state index is 5.57. The number of ether oxygens (including phenoxy) is 1. The van der Waals surface area contributed by atoms with Crippen molar-refractivity contribution in [2.45, 2.75) is 40.5 Å². The Hall–Kier alpha value is -0.0400. The van der Waals surface area contributed by atoms with Gasteiger partial charge in [0, 0.05) is 0 Å². The van der Waals surface area contributed by atoms with Crippen molar-refractivity contribution < 1.29 is 4.74 Å². The molecule has 1 saturated heterocycles. The SMILES string of the molecule is CC(C)C1C2CC(C(C)(C)C3C4COCC43)CC21. The summed E-state index contributed by atoms with van der Waals surface area (Å²) < 4.78 is 5.57. The summed E-state index contributed by atoms with van der Waals surface area (Å²) >= 11 is 0. The predicted octanol–water partition coefficient (Wildman–Crippen LogP) is 3.83. The number of rotatable bonds is 3. The van der Waals surface area contributed by atoms with Crippen molar-refractivity contribution in [2.24, 2.45) is 52.8 Å². The van der Waals surface area contributed by atoms with Crippen molar-refractivity contribution in [1.29, 1.82) is 0 Å². The highest BCUT2D eigenvalue weighted by Crippen LogP contribution is 2.70. The lowest BCUT2D eigenvalue weighted by Crippen LogP contribution is -2.29. The van der Waals surface area contributed by atoms with Crippen LogP contribution in [0.25, 0.3) is 0 Å². The molecule has 102 valence electrons. The van der Waals surface area contributed by atoms with Crippen LogP contribution in [0, 0.1) is 52.8 Å². The second kappa shape index (κ2) is 3.53. The highest BCUT2D eigenvalue weighted by atomic mass is 16.5. The van der Waals surface area contributed by atoms with E-state index in [1.54, 1.807) is 0 Å². The predicted molar refractivity (Wildman–Crippen MR) is 73.1 cm³/mol. The Labute approximate surface area is 112 Å². The van der Waals surface area contributed by atoms with Crippen molar-refractivity contribution in [2.75, 3.05) is 13.2 Å². The second-order valence-electron chi connectivity index (χ2n) is 8.53. The molecule has 4 unspecified atom stereocenters. The van der Waals surface area contributed by atoms with E-state index in [0.717, 1.165) is 60.6 Å². The Morgan fingerprint density at radius 1 is 0.944 bits per heavy atom. The van der Waals surface area contributed by atoms with Gasteiger partial charge in [0.15, 0.2) is 0 Å². The van der Waals surface area contributed by atoms with Gasteiger partial charge in [-0.2, -0.15) is 0 Å². The largest absolute Gasteiger partial charge is 0.381 e. The van der Waals surface area contributed by atoms with Gasteiger partial charge in [0.1, 0.15) is 0 Å². The van der Waals surface area contributed by atoms with E-state index < -0.39 is 0 Å². The molecule has 3 saturated carbocycles. The van der Waals surface area contributed by atoms with Crippen LogP contribution in [0.2, 0.25) is 0 Å². The first-order valence-corrected chi connectivity index (χ1v) is 8.09. The number of fused-ring (bicyclic) bond motifs is 2. The van der Waals surface area contributed by atoms with Gasteiger partial charge in [-0.15, -0.1) is 0 Å². The van der Waals surface area contributed by atoms with Gasteiger partial charge in [0.2, 0.25) is 0 Å². The van der Waals surface area contributed by atoms with Crippen LogP contribution in [-0.2, 0) is 4.74 Å². The van der Waals surface area contributed by atoms with Gasteiger partial charge in [-0.05, 0) is 65.6 Å². The lowest BCUT2D eigenvalue weighted by atomic mass is 9.70. The monoisotopic (exact) mass is 248 g/mol. The van der Waals surface area contributed by atoms with Gasteiger partial charge < -0.3 is 4.74 Å². The molecule has 0 amide bonds. The first-order chi connectivity index (χ1) is 8.51. The van der Waals surface area contributed by atoms with Crippen LogP contribution < -0.4 is 0 Å². The Kier molecular flexibility index (Phi) is 2.31. The van der Waals surface area contributed by atoms with Gasteiger partial charge in [-0.3, -0.25) is 0 Å². The van der Waals surface area contributed by atoms with Crippen molar-refractivity contribution >= 4 is 0 Å². The average Bonchev–Trinajstić information content (AvgIpc) is 3.04. The molecule has 0 aromatic rings. The molecule has 0 radical (unpaired) electrons. The van der Waals surface area contributed by atoms with Gasteiger partial charge in [-0.25, -0.2) is 0 Å². The van der Waals surface area contributed by atoms with E-state index in [4.69, 9.17) is 4.74 Å². The van der Waals surface area contributed by atoms with Gasteiger partial charge >= 0.3 is 0 Å². The van der Waals surface area contributed by atoms with E-state index >= 15 is 0 Å². The van der Waals surface area contributed by atoms with Gasteiger partial charge in [-0.1, -0.05) is 27.7 Å².